The van der Waals surface area contributed by atoms with Crippen LogP contribution in [-0.4, -0.2) is 25.3 Å². The fraction of sp³-hybridized carbons (Fsp3) is 0.235. The highest BCUT2D eigenvalue weighted by Gasteiger charge is 2.20. The van der Waals surface area contributed by atoms with Gasteiger partial charge in [0, 0.05) is 0 Å². The van der Waals surface area contributed by atoms with Crippen molar-refractivity contribution in [3.8, 4) is 11.5 Å². The molecular weight excluding hydrogens is 296 g/mol. The molecule has 0 spiro atoms. The zero-order valence-electron chi connectivity index (χ0n) is 12.5. The highest BCUT2D eigenvalue weighted by molar-refractivity contribution is 5.72. The van der Waals surface area contributed by atoms with Gasteiger partial charge in [0.2, 0.25) is 0 Å². The molecule has 2 amide bonds. The van der Waals surface area contributed by atoms with Crippen LogP contribution in [0.2, 0.25) is 0 Å². The van der Waals surface area contributed by atoms with E-state index in [0.29, 0.717) is 25.5 Å². The molecule has 0 aliphatic carbocycles. The number of ether oxygens (including phenoxy) is 2. The maximum atomic E-state index is 11.7. The van der Waals surface area contributed by atoms with Crippen molar-refractivity contribution in [2.45, 2.75) is 12.7 Å². The maximum Gasteiger partial charge on any atom is 0.338 e. The Labute approximate surface area is 134 Å². The number of benzene rings is 2. The third-order valence-electron chi connectivity index (χ3n) is 3.30. The first-order valence-electron chi connectivity index (χ1n) is 7.39. The fourth-order valence-corrected chi connectivity index (χ4v) is 2.17. The standard InChI is InChI=1S/C17H18N2O4/c20-17(19-22-11-13-6-2-1-3-7-13)18-10-14-12-21-15-8-4-5-9-16(15)23-14/h1-9,14H,10-12H2,(H2,18,19,20). The van der Waals surface area contributed by atoms with Gasteiger partial charge in [0.25, 0.3) is 0 Å². The van der Waals surface area contributed by atoms with Crippen LogP contribution in [0.15, 0.2) is 54.6 Å². The Morgan fingerprint density at radius 3 is 2.65 bits per heavy atom. The molecule has 1 heterocycles. The Hall–Kier alpha value is -2.73. The molecule has 0 radical (unpaired) electrons. The highest BCUT2D eigenvalue weighted by Crippen LogP contribution is 2.30. The molecule has 0 fully saturated rings. The van der Waals surface area contributed by atoms with Crippen LogP contribution in [0.1, 0.15) is 5.56 Å². The predicted molar refractivity (Wildman–Crippen MR) is 84.1 cm³/mol. The lowest BCUT2D eigenvalue weighted by Crippen LogP contribution is -2.44. The number of nitrogens with one attached hydrogen (secondary N) is 2. The molecule has 1 atom stereocenters. The van der Waals surface area contributed by atoms with Gasteiger partial charge in [0.1, 0.15) is 6.61 Å². The van der Waals surface area contributed by atoms with Crippen LogP contribution in [0.25, 0.3) is 0 Å². The summed E-state index contributed by atoms with van der Waals surface area (Å²) in [5.74, 6) is 1.41. The molecular formula is C17H18N2O4. The van der Waals surface area contributed by atoms with E-state index in [1.165, 1.54) is 0 Å². The number of hydrogen-bond donors (Lipinski definition) is 2. The summed E-state index contributed by atoms with van der Waals surface area (Å²) in [5.41, 5.74) is 3.32. The number of fused-ring (bicyclic) bond motifs is 1. The molecule has 3 rings (SSSR count). The third kappa shape index (κ3) is 4.37. The molecule has 1 unspecified atom stereocenters. The molecule has 6 nitrogen and oxygen atoms in total. The minimum Gasteiger partial charge on any atom is -0.486 e. The van der Waals surface area contributed by atoms with Gasteiger partial charge in [-0.1, -0.05) is 42.5 Å². The van der Waals surface area contributed by atoms with E-state index >= 15 is 0 Å². The van der Waals surface area contributed by atoms with Crippen LogP contribution in [0.5, 0.6) is 11.5 Å². The predicted octanol–water partition coefficient (Wildman–Crippen LogP) is 2.26. The summed E-state index contributed by atoms with van der Waals surface area (Å²) in [5, 5.41) is 2.69. The monoisotopic (exact) mass is 314 g/mol. The van der Waals surface area contributed by atoms with Crippen LogP contribution in [0.4, 0.5) is 4.79 Å². The van der Waals surface area contributed by atoms with Gasteiger partial charge < -0.3 is 14.8 Å². The van der Waals surface area contributed by atoms with E-state index in [1.54, 1.807) is 0 Å². The number of urea groups is 1. The van der Waals surface area contributed by atoms with Crippen molar-refractivity contribution in [2.24, 2.45) is 0 Å². The Bertz CT molecular complexity index is 648. The number of para-hydroxylation sites is 2. The maximum absolute atomic E-state index is 11.7. The fourth-order valence-electron chi connectivity index (χ4n) is 2.17. The van der Waals surface area contributed by atoms with Crippen LogP contribution in [0, 0.1) is 0 Å². The molecule has 2 N–H and O–H groups in total. The second kappa shape index (κ2) is 7.51. The van der Waals surface area contributed by atoms with Gasteiger partial charge in [0.15, 0.2) is 17.6 Å². The summed E-state index contributed by atoms with van der Waals surface area (Å²) < 4.78 is 11.3. The number of amides is 2. The zero-order valence-corrected chi connectivity index (χ0v) is 12.5. The van der Waals surface area contributed by atoms with Crippen LogP contribution in [-0.2, 0) is 11.4 Å². The molecule has 120 valence electrons. The highest BCUT2D eigenvalue weighted by atomic mass is 16.7. The van der Waals surface area contributed by atoms with E-state index < -0.39 is 6.03 Å². The van der Waals surface area contributed by atoms with Crippen molar-refractivity contribution in [1.82, 2.24) is 10.8 Å². The van der Waals surface area contributed by atoms with Gasteiger partial charge in [-0.05, 0) is 17.7 Å². The van der Waals surface area contributed by atoms with Crippen molar-refractivity contribution in [2.75, 3.05) is 13.2 Å². The van der Waals surface area contributed by atoms with Crippen LogP contribution >= 0.6 is 0 Å². The van der Waals surface area contributed by atoms with E-state index in [2.05, 4.69) is 10.8 Å². The summed E-state index contributed by atoms with van der Waals surface area (Å²) in [6, 6.07) is 16.6. The first-order chi connectivity index (χ1) is 11.3. The van der Waals surface area contributed by atoms with Crippen molar-refractivity contribution in [1.29, 1.82) is 0 Å². The quantitative estimate of drug-likeness (QED) is 0.831. The van der Waals surface area contributed by atoms with Gasteiger partial charge in [-0.15, -0.1) is 0 Å². The van der Waals surface area contributed by atoms with E-state index in [-0.39, 0.29) is 6.10 Å². The number of carbonyl (C=O) groups is 1. The van der Waals surface area contributed by atoms with E-state index in [1.807, 2.05) is 54.6 Å². The van der Waals surface area contributed by atoms with Gasteiger partial charge in [0.05, 0.1) is 13.2 Å². The molecule has 1 aliphatic heterocycles. The van der Waals surface area contributed by atoms with Crippen LogP contribution < -0.4 is 20.3 Å². The van der Waals surface area contributed by atoms with Crippen molar-refractivity contribution in [3.63, 3.8) is 0 Å². The average molecular weight is 314 g/mol. The van der Waals surface area contributed by atoms with Gasteiger partial charge in [-0.2, -0.15) is 0 Å². The Morgan fingerprint density at radius 2 is 1.83 bits per heavy atom. The molecule has 23 heavy (non-hydrogen) atoms. The molecule has 2 aromatic rings. The average Bonchev–Trinajstić information content (AvgIpc) is 2.61. The third-order valence-corrected chi connectivity index (χ3v) is 3.30. The van der Waals surface area contributed by atoms with E-state index in [4.69, 9.17) is 14.3 Å². The second-order valence-corrected chi connectivity index (χ2v) is 5.08. The van der Waals surface area contributed by atoms with Crippen molar-refractivity contribution >= 4 is 6.03 Å². The SMILES string of the molecule is O=C(NCC1COc2ccccc2O1)NOCc1ccccc1. The Kier molecular flexibility index (Phi) is 4.95. The van der Waals surface area contributed by atoms with Crippen molar-refractivity contribution < 1.29 is 19.1 Å². The lowest BCUT2D eigenvalue weighted by Gasteiger charge is -2.26. The van der Waals surface area contributed by atoms with Crippen molar-refractivity contribution in [3.05, 3.63) is 60.2 Å². The van der Waals surface area contributed by atoms with E-state index in [9.17, 15) is 4.79 Å². The number of rotatable bonds is 5. The lowest BCUT2D eigenvalue weighted by atomic mass is 10.2. The Morgan fingerprint density at radius 1 is 1.09 bits per heavy atom. The molecule has 1 aliphatic rings. The lowest BCUT2D eigenvalue weighted by molar-refractivity contribution is 0.0459. The molecule has 2 aromatic carbocycles. The molecule has 6 heteroatoms. The van der Waals surface area contributed by atoms with E-state index in [0.717, 1.165) is 11.3 Å². The molecule has 0 saturated carbocycles. The number of hydroxylamine groups is 1. The number of hydrogen-bond acceptors (Lipinski definition) is 4. The summed E-state index contributed by atoms with van der Waals surface area (Å²) in [7, 11) is 0. The smallest absolute Gasteiger partial charge is 0.338 e. The summed E-state index contributed by atoms with van der Waals surface area (Å²) in [6.45, 7) is 1.03. The van der Waals surface area contributed by atoms with Gasteiger partial charge in [-0.3, -0.25) is 4.84 Å². The number of carbonyl (C=O) groups excluding carboxylic acids is 1. The molecule has 0 aromatic heterocycles. The minimum atomic E-state index is -0.414. The molecule has 0 saturated heterocycles. The minimum absolute atomic E-state index is 0.232. The van der Waals surface area contributed by atoms with Gasteiger partial charge >= 0.3 is 6.03 Å². The largest absolute Gasteiger partial charge is 0.486 e. The topological polar surface area (TPSA) is 68.8 Å². The first kappa shape index (κ1) is 15.2. The normalized spacial score (nSPS) is 15.7. The second-order valence-electron chi connectivity index (χ2n) is 5.08. The summed E-state index contributed by atoms with van der Waals surface area (Å²) >= 11 is 0. The molecule has 0 bridgehead atoms. The van der Waals surface area contributed by atoms with Crippen LogP contribution in [0.3, 0.4) is 0 Å². The summed E-state index contributed by atoms with van der Waals surface area (Å²) in [6.07, 6.45) is -0.232. The Balaban J connectivity index is 1.37. The van der Waals surface area contributed by atoms with Gasteiger partial charge in [-0.25, -0.2) is 10.3 Å². The zero-order chi connectivity index (χ0) is 15.9. The summed E-state index contributed by atoms with van der Waals surface area (Å²) in [4.78, 5) is 16.8. The first-order valence-corrected chi connectivity index (χ1v) is 7.39.